The number of aromatic nitrogens is 2. The van der Waals surface area contributed by atoms with Gasteiger partial charge < -0.3 is 5.32 Å². The van der Waals surface area contributed by atoms with Crippen LogP contribution in [0.2, 0.25) is 0 Å². The molecule has 1 N–H and O–H groups in total. The van der Waals surface area contributed by atoms with Gasteiger partial charge in [-0.05, 0) is 19.4 Å². The first kappa shape index (κ1) is 10.4. The van der Waals surface area contributed by atoms with Gasteiger partial charge in [0.2, 0.25) is 0 Å². The summed E-state index contributed by atoms with van der Waals surface area (Å²) in [5.74, 6) is 0.185. The molecule has 1 unspecified atom stereocenters. The molecule has 1 aromatic heterocycles. The maximum Gasteiger partial charge on any atom is 0.182 e. The summed E-state index contributed by atoms with van der Waals surface area (Å²) in [4.78, 5) is 12.0. The van der Waals surface area contributed by atoms with Crippen molar-refractivity contribution in [1.82, 2.24) is 15.1 Å². The first-order valence-corrected chi connectivity index (χ1v) is 5.53. The van der Waals surface area contributed by atoms with Crippen LogP contribution in [-0.4, -0.2) is 28.2 Å². The Bertz CT molecular complexity index is 337. The molecule has 4 nitrogen and oxygen atoms in total. The fraction of sp³-hybridized carbons (Fsp3) is 0.636. The Morgan fingerprint density at radius 3 is 3.13 bits per heavy atom. The zero-order chi connectivity index (χ0) is 10.7. The lowest BCUT2D eigenvalue weighted by molar-refractivity contribution is 0.0940. The van der Waals surface area contributed by atoms with Gasteiger partial charge in [0.25, 0.3) is 0 Å². The van der Waals surface area contributed by atoms with Crippen molar-refractivity contribution in [2.75, 3.05) is 6.54 Å². The predicted molar refractivity (Wildman–Crippen MR) is 57.8 cm³/mol. The minimum absolute atomic E-state index is 0.00306. The second-order valence-electron chi connectivity index (χ2n) is 4.12. The van der Waals surface area contributed by atoms with E-state index in [2.05, 4.69) is 10.4 Å². The molecule has 82 valence electrons. The average molecular weight is 207 g/mol. The molecule has 4 heteroatoms. The van der Waals surface area contributed by atoms with E-state index in [1.54, 1.807) is 17.1 Å². The van der Waals surface area contributed by atoms with Gasteiger partial charge in [0.05, 0.1) is 17.8 Å². The summed E-state index contributed by atoms with van der Waals surface area (Å²) in [5.41, 5.74) is 0.719. The smallest absolute Gasteiger partial charge is 0.182 e. The van der Waals surface area contributed by atoms with Gasteiger partial charge in [0, 0.05) is 13.2 Å². The molecule has 0 aliphatic carbocycles. The van der Waals surface area contributed by atoms with Gasteiger partial charge in [0.1, 0.15) is 0 Å². The lowest BCUT2D eigenvalue weighted by atomic mass is 10.0. The van der Waals surface area contributed by atoms with Crippen LogP contribution in [0.4, 0.5) is 0 Å². The molecule has 2 heterocycles. The normalized spacial score (nSPS) is 22.3. The second kappa shape index (κ2) is 4.57. The Labute approximate surface area is 89.7 Å². The molecule has 0 aromatic carbocycles. The van der Waals surface area contributed by atoms with E-state index in [4.69, 9.17) is 0 Å². The molecule has 1 aliphatic rings. The van der Waals surface area contributed by atoms with Crippen molar-refractivity contribution >= 4 is 5.78 Å². The van der Waals surface area contributed by atoms with E-state index in [1.165, 1.54) is 12.8 Å². The molecule has 0 amide bonds. The molecular weight excluding hydrogens is 190 g/mol. The lowest BCUT2D eigenvalue weighted by Gasteiger charge is -2.12. The molecular formula is C11H17N3O. The maximum atomic E-state index is 12.0. The summed E-state index contributed by atoms with van der Waals surface area (Å²) in [6, 6.07) is -0.00306. The largest absolute Gasteiger partial charge is 0.307 e. The average Bonchev–Trinajstić information content (AvgIpc) is 2.53. The van der Waals surface area contributed by atoms with Crippen LogP contribution < -0.4 is 5.32 Å². The number of ketones is 1. The quantitative estimate of drug-likeness (QED) is 0.740. The second-order valence-corrected chi connectivity index (χ2v) is 4.12. The molecule has 0 saturated carbocycles. The van der Waals surface area contributed by atoms with E-state index in [1.807, 2.05) is 7.05 Å². The Kier molecular flexibility index (Phi) is 3.16. The van der Waals surface area contributed by atoms with Gasteiger partial charge in [-0.1, -0.05) is 12.8 Å². The maximum absolute atomic E-state index is 12.0. The van der Waals surface area contributed by atoms with Crippen molar-refractivity contribution in [3.63, 3.8) is 0 Å². The summed E-state index contributed by atoms with van der Waals surface area (Å²) in [6.45, 7) is 0.955. The van der Waals surface area contributed by atoms with E-state index in [0.29, 0.717) is 0 Å². The number of carbonyl (C=O) groups excluding carboxylic acids is 1. The van der Waals surface area contributed by atoms with Gasteiger partial charge in [0.15, 0.2) is 5.78 Å². The zero-order valence-corrected chi connectivity index (χ0v) is 9.07. The van der Waals surface area contributed by atoms with Crippen molar-refractivity contribution in [1.29, 1.82) is 0 Å². The van der Waals surface area contributed by atoms with Crippen LogP contribution in [-0.2, 0) is 7.05 Å². The van der Waals surface area contributed by atoms with E-state index in [-0.39, 0.29) is 11.8 Å². The van der Waals surface area contributed by atoms with Crippen molar-refractivity contribution in [3.05, 3.63) is 18.0 Å². The van der Waals surface area contributed by atoms with Crippen LogP contribution in [0.3, 0.4) is 0 Å². The summed E-state index contributed by atoms with van der Waals surface area (Å²) < 4.78 is 1.67. The van der Waals surface area contributed by atoms with Crippen molar-refractivity contribution in [2.24, 2.45) is 7.05 Å². The van der Waals surface area contributed by atoms with Gasteiger partial charge in [-0.15, -0.1) is 0 Å². The molecule has 0 spiro atoms. The third-order valence-corrected chi connectivity index (χ3v) is 2.87. The van der Waals surface area contributed by atoms with Crippen molar-refractivity contribution in [2.45, 2.75) is 31.7 Å². The number of Topliss-reactive ketones (excluding diaryl/α,β-unsaturated/α-hetero) is 1. The van der Waals surface area contributed by atoms with Gasteiger partial charge in [-0.3, -0.25) is 9.48 Å². The molecule has 1 aliphatic heterocycles. The Morgan fingerprint density at radius 1 is 1.53 bits per heavy atom. The topological polar surface area (TPSA) is 46.9 Å². The molecule has 1 fully saturated rings. The number of hydrogen-bond acceptors (Lipinski definition) is 3. The molecule has 15 heavy (non-hydrogen) atoms. The SMILES string of the molecule is Cn1cc(C(=O)C2CCCCCN2)cn1. The molecule has 0 radical (unpaired) electrons. The van der Waals surface area contributed by atoms with Gasteiger partial charge in [-0.2, -0.15) is 5.10 Å². The predicted octanol–water partition coefficient (Wildman–Crippen LogP) is 1.14. The number of nitrogens with zero attached hydrogens (tertiary/aromatic N) is 2. The Hall–Kier alpha value is -1.16. The minimum atomic E-state index is -0.00306. The van der Waals surface area contributed by atoms with Gasteiger partial charge >= 0.3 is 0 Å². The summed E-state index contributed by atoms with van der Waals surface area (Å²) >= 11 is 0. The molecule has 2 rings (SSSR count). The van der Waals surface area contributed by atoms with E-state index >= 15 is 0 Å². The molecule has 1 saturated heterocycles. The number of rotatable bonds is 2. The van der Waals surface area contributed by atoms with Crippen LogP contribution in [0.1, 0.15) is 36.0 Å². The monoisotopic (exact) mass is 207 g/mol. The minimum Gasteiger partial charge on any atom is -0.307 e. The van der Waals surface area contributed by atoms with Crippen LogP contribution in [0.5, 0.6) is 0 Å². The molecule has 0 bridgehead atoms. The number of nitrogens with one attached hydrogen (secondary N) is 1. The number of aryl methyl sites for hydroxylation is 1. The highest BCUT2D eigenvalue weighted by Gasteiger charge is 2.21. The first-order chi connectivity index (χ1) is 7.27. The number of carbonyl (C=O) groups is 1. The van der Waals surface area contributed by atoms with E-state index in [9.17, 15) is 4.79 Å². The Morgan fingerprint density at radius 2 is 2.40 bits per heavy atom. The first-order valence-electron chi connectivity index (χ1n) is 5.53. The fourth-order valence-electron chi connectivity index (χ4n) is 2.00. The third-order valence-electron chi connectivity index (χ3n) is 2.87. The van der Waals surface area contributed by atoms with Crippen LogP contribution in [0.25, 0.3) is 0 Å². The van der Waals surface area contributed by atoms with E-state index < -0.39 is 0 Å². The highest BCUT2D eigenvalue weighted by Crippen LogP contribution is 2.12. The molecule has 1 aromatic rings. The highest BCUT2D eigenvalue weighted by molar-refractivity contribution is 5.99. The third kappa shape index (κ3) is 2.45. The summed E-state index contributed by atoms with van der Waals surface area (Å²) in [7, 11) is 1.83. The highest BCUT2D eigenvalue weighted by atomic mass is 16.1. The Balaban J connectivity index is 2.06. The van der Waals surface area contributed by atoms with Crippen LogP contribution in [0.15, 0.2) is 12.4 Å². The van der Waals surface area contributed by atoms with Gasteiger partial charge in [-0.25, -0.2) is 0 Å². The summed E-state index contributed by atoms with van der Waals surface area (Å²) in [5, 5.41) is 7.33. The molecule has 1 atom stereocenters. The zero-order valence-electron chi connectivity index (χ0n) is 9.07. The standard InChI is InChI=1S/C11H17N3O/c1-14-8-9(7-13-14)11(15)10-5-3-2-4-6-12-10/h7-8,10,12H,2-6H2,1H3. The van der Waals surface area contributed by atoms with Crippen LogP contribution in [0, 0.1) is 0 Å². The summed E-state index contributed by atoms with van der Waals surface area (Å²) in [6.07, 6.45) is 7.93. The number of hydrogen-bond donors (Lipinski definition) is 1. The lowest BCUT2D eigenvalue weighted by Crippen LogP contribution is -2.35. The van der Waals surface area contributed by atoms with E-state index in [0.717, 1.165) is 24.9 Å². The van der Waals surface area contributed by atoms with Crippen LogP contribution >= 0.6 is 0 Å². The van der Waals surface area contributed by atoms with Crippen molar-refractivity contribution in [3.8, 4) is 0 Å². The fourth-order valence-corrected chi connectivity index (χ4v) is 2.00. The van der Waals surface area contributed by atoms with Crippen molar-refractivity contribution < 1.29 is 4.79 Å².